The first-order chi connectivity index (χ1) is 4.63. The number of nitrogens with zero attached hydrogens (tertiary/aromatic N) is 1. The zero-order valence-electron chi connectivity index (χ0n) is 6.43. The van der Waals surface area contributed by atoms with E-state index in [1.807, 2.05) is 11.9 Å². The lowest BCUT2D eigenvalue weighted by atomic mass is 10.3. The number of likely N-dealkylation sites (N-methyl/N-ethyl adjacent to an activating group) is 1. The first-order valence-corrected chi connectivity index (χ1v) is 3.00. The fourth-order valence-corrected chi connectivity index (χ4v) is 0.458. The molecule has 0 atom stereocenters. The minimum Gasteiger partial charge on any atom is -0.346 e. The molecule has 0 aromatic carbocycles. The lowest BCUT2D eigenvalue weighted by Crippen LogP contribution is -2.12. The lowest BCUT2D eigenvalue weighted by Gasteiger charge is -2.18. The Hall–Kier alpha value is -1.24. The predicted octanol–water partition coefficient (Wildman–Crippen LogP) is 2.32. The van der Waals surface area contributed by atoms with E-state index in [0.717, 1.165) is 11.4 Å². The molecule has 0 aliphatic rings. The van der Waals surface area contributed by atoms with Gasteiger partial charge < -0.3 is 4.90 Å². The van der Waals surface area contributed by atoms with Gasteiger partial charge in [-0.05, 0) is 12.2 Å². The molecule has 0 unspecified atom stereocenters. The molecule has 0 aliphatic heterocycles. The average Bonchev–Trinajstić information content (AvgIpc) is 2.00. The van der Waals surface area contributed by atoms with Crippen LogP contribution in [-0.4, -0.2) is 11.9 Å². The molecule has 0 aromatic rings. The summed E-state index contributed by atoms with van der Waals surface area (Å²) in [5.74, 6) is 0. The first-order valence-electron chi connectivity index (χ1n) is 3.00. The fourth-order valence-electron chi connectivity index (χ4n) is 0.458. The molecule has 0 saturated heterocycles. The smallest absolute Gasteiger partial charge is 0.0328 e. The van der Waals surface area contributed by atoms with Crippen molar-refractivity contribution in [2.75, 3.05) is 7.05 Å². The van der Waals surface area contributed by atoms with Crippen LogP contribution in [0.15, 0.2) is 49.9 Å². The monoisotopic (exact) mass is 135 g/mol. The summed E-state index contributed by atoms with van der Waals surface area (Å²) in [7, 11) is 1.87. The second kappa shape index (κ2) is 3.72. The molecule has 1 heteroatoms. The summed E-state index contributed by atoms with van der Waals surface area (Å²) in [6, 6.07) is 0. The van der Waals surface area contributed by atoms with E-state index in [-0.39, 0.29) is 0 Å². The van der Waals surface area contributed by atoms with Crippen molar-refractivity contribution in [2.45, 2.75) is 0 Å². The summed E-state index contributed by atoms with van der Waals surface area (Å²) in [6.45, 7) is 14.6. The third-order valence-corrected chi connectivity index (χ3v) is 1.33. The molecule has 0 aliphatic carbocycles. The second-order valence-corrected chi connectivity index (χ2v) is 1.95. The highest BCUT2D eigenvalue weighted by atomic mass is 15.1. The fraction of sp³-hybridized carbons (Fsp3) is 0.111. The van der Waals surface area contributed by atoms with Gasteiger partial charge in [0.15, 0.2) is 0 Å². The Balaban J connectivity index is 4.20. The molecule has 0 bridgehead atoms. The molecule has 0 rings (SSSR count). The number of hydrogen-bond acceptors (Lipinski definition) is 1. The molecule has 0 saturated carbocycles. The quantitative estimate of drug-likeness (QED) is 0.535. The van der Waals surface area contributed by atoms with Gasteiger partial charge in [-0.3, -0.25) is 0 Å². The minimum absolute atomic E-state index is 0.824. The summed E-state index contributed by atoms with van der Waals surface area (Å²) in [4.78, 5) is 1.82. The lowest BCUT2D eigenvalue weighted by molar-refractivity contribution is 0.560. The molecule has 0 radical (unpaired) electrons. The van der Waals surface area contributed by atoms with Crippen molar-refractivity contribution >= 4 is 0 Å². The first kappa shape index (κ1) is 8.76. The van der Waals surface area contributed by atoms with Gasteiger partial charge in [0.1, 0.15) is 0 Å². The van der Waals surface area contributed by atoms with Crippen LogP contribution >= 0.6 is 0 Å². The maximum atomic E-state index is 3.74. The van der Waals surface area contributed by atoms with E-state index in [2.05, 4.69) is 26.3 Å². The Morgan fingerprint density at radius 3 is 1.60 bits per heavy atom. The van der Waals surface area contributed by atoms with Crippen LogP contribution < -0.4 is 0 Å². The topological polar surface area (TPSA) is 3.24 Å². The van der Waals surface area contributed by atoms with E-state index in [1.54, 1.807) is 12.2 Å². The van der Waals surface area contributed by atoms with Gasteiger partial charge in [-0.25, -0.2) is 0 Å². The van der Waals surface area contributed by atoms with Gasteiger partial charge in [0.05, 0.1) is 0 Å². The molecule has 10 heavy (non-hydrogen) atoms. The highest BCUT2D eigenvalue weighted by Gasteiger charge is 1.97. The van der Waals surface area contributed by atoms with Crippen LogP contribution in [0.4, 0.5) is 0 Å². The average molecular weight is 135 g/mol. The van der Waals surface area contributed by atoms with E-state index in [0.29, 0.717) is 0 Å². The SMILES string of the molecule is C=CC(=C)N(C)C(=C)C=C. The number of allylic oxidation sites excluding steroid dienone is 2. The molecule has 54 valence electrons. The van der Waals surface area contributed by atoms with Gasteiger partial charge >= 0.3 is 0 Å². The molecule has 0 spiro atoms. The Morgan fingerprint density at radius 1 is 1.10 bits per heavy atom. The van der Waals surface area contributed by atoms with Crippen molar-refractivity contribution in [2.24, 2.45) is 0 Å². The molecule has 0 fully saturated rings. The van der Waals surface area contributed by atoms with Crippen molar-refractivity contribution < 1.29 is 0 Å². The van der Waals surface area contributed by atoms with Crippen LogP contribution in [0.1, 0.15) is 0 Å². The van der Waals surface area contributed by atoms with Crippen molar-refractivity contribution in [1.82, 2.24) is 4.90 Å². The van der Waals surface area contributed by atoms with Crippen LogP contribution in [-0.2, 0) is 0 Å². The summed E-state index contributed by atoms with van der Waals surface area (Å²) >= 11 is 0. The Morgan fingerprint density at radius 2 is 1.40 bits per heavy atom. The van der Waals surface area contributed by atoms with Gasteiger partial charge in [0, 0.05) is 18.4 Å². The van der Waals surface area contributed by atoms with E-state index in [9.17, 15) is 0 Å². The Kier molecular flexibility index (Phi) is 3.26. The van der Waals surface area contributed by atoms with E-state index < -0.39 is 0 Å². The minimum atomic E-state index is 0.824. The van der Waals surface area contributed by atoms with Crippen LogP contribution in [0.2, 0.25) is 0 Å². The third kappa shape index (κ3) is 1.94. The van der Waals surface area contributed by atoms with Crippen LogP contribution in [0.5, 0.6) is 0 Å². The molecule has 1 nitrogen and oxygen atoms in total. The number of hydrogen-bond donors (Lipinski definition) is 0. The van der Waals surface area contributed by atoms with Crippen molar-refractivity contribution in [3.63, 3.8) is 0 Å². The Labute approximate surface area is 62.7 Å². The molecule has 0 aromatic heterocycles. The predicted molar refractivity (Wildman–Crippen MR) is 46.4 cm³/mol. The summed E-state index contributed by atoms with van der Waals surface area (Å²) in [6.07, 6.45) is 3.35. The molecule has 0 N–H and O–H groups in total. The Bertz CT molecular complexity index is 157. The highest BCUT2D eigenvalue weighted by Crippen LogP contribution is 2.06. The largest absolute Gasteiger partial charge is 0.346 e. The zero-order valence-corrected chi connectivity index (χ0v) is 6.43. The van der Waals surface area contributed by atoms with Gasteiger partial charge in [0.2, 0.25) is 0 Å². The van der Waals surface area contributed by atoms with Gasteiger partial charge in [-0.2, -0.15) is 0 Å². The summed E-state index contributed by atoms with van der Waals surface area (Å²) < 4.78 is 0. The summed E-state index contributed by atoms with van der Waals surface area (Å²) in [5, 5.41) is 0. The van der Waals surface area contributed by atoms with E-state index >= 15 is 0 Å². The van der Waals surface area contributed by atoms with Crippen molar-refractivity contribution in [3.05, 3.63) is 49.9 Å². The molecular weight excluding hydrogens is 122 g/mol. The molecule has 0 heterocycles. The van der Waals surface area contributed by atoms with Crippen LogP contribution in [0.3, 0.4) is 0 Å². The van der Waals surface area contributed by atoms with Crippen molar-refractivity contribution in [3.8, 4) is 0 Å². The number of rotatable bonds is 4. The molecular formula is C9H13N. The maximum Gasteiger partial charge on any atom is 0.0328 e. The van der Waals surface area contributed by atoms with Gasteiger partial charge in [0.25, 0.3) is 0 Å². The second-order valence-electron chi connectivity index (χ2n) is 1.95. The standard InChI is InChI=1S/C9H13N/c1-6-8(3)10(5)9(4)7-2/h6-7H,1-4H2,5H3. The third-order valence-electron chi connectivity index (χ3n) is 1.33. The molecule has 0 amide bonds. The van der Waals surface area contributed by atoms with Crippen molar-refractivity contribution in [1.29, 1.82) is 0 Å². The summed E-state index contributed by atoms with van der Waals surface area (Å²) in [5.41, 5.74) is 1.65. The maximum absolute atomic E-state index is 3.74. The zero-order chi connectivity index (χ0) is 8.15. The van der Waals surface area contributed by atoms with E-state index in [1.165, 1.54) is 0 Å². The van der Waals surface area contributed by atoms with Crippen LogP contribution in [0, 0.1) is 0 Å². The van der Waals surface area contributed by atoms with Crippen LogP contribution in [0.25, 0.3) is 0 Å². The van der Waals surface area contributed by atoms with E-state index in [4.69, 9.17) is 0 Å². The van der Waals surface area contributed by atoms with Gasteiger partial charge in [-0.15, -0.1) is 0 Å². The highest BCUT2D eigenvalue weighted by molar-refractivity contribution is 5.21. The normalized spacial score (nSPS) is 8.10. The van der Waals surface area contributed by atoms with Gasteiger partial charge in [-0.1, -0.05) is 26.3 Å².